The third kappa shape index (κ3) is 1.96. The third-order valence-electron chi connectivity index (χ3n) is 3.18. The van der Waals surface area contributed by atoms with Crippen molar-refractivity contribution in [2.75, 3.05) is 0 Å². The molecule has 1 fully saturated rings. The van der Waals surface area contributed by atoms with Gasteiger partial charge in [0.1, 0.15) is 0 Å². The van der Waals surface area contributed by atoms with Gasteiger partial charge in [-0.05, 0) is 30.9 Å². The molecular weight excluding hydrogens is 158 g/mol. The molecule has 0 unspecified atom stereocenters. The average molecular weight is 177 g/mol. The zero-order valence-electron chi connectivity index (χ0n) is 8.50. The molecule has 2 rings (SSSR count). The van der Waals surface area contributed by atoms with Crippen molar-refractivity contribution < 1.29 is 0 Å². The number of nitrogens with zero attached hydrogens (tertiary/aromatic N) is 1. The second-order valence-electron chi connectivity index (χ2n) is 4.11. The highest BCUT2D eigenvalue weighted by Crippen LogP contribution is 2.28. The summed E-state index contributed by atoms with van der Waals surface area (Å²) in [6.07, 6.45) is 12.8. The number of hydrogen-bond acceptors (Lipinski definition) is 0. The highest BCUT2D eigenvalue weighted by atomic mass is 15.0. The fourth-order valence-electron chi connectivity index (χ4n) is 2.27. The van der Waals surface area contributed by atoms with E-state index in [1.54, 1.807) is 0 Å². The average Bonchev–Trinajstić information content (AvgIpc) is 2.67. The molecule has 0 aromatic carbocycles. The van der Waals surface area contributed by atoms with Gasteiger partial charge in [-0.3, -0.25) is 0 Å². The first-order chi connectivity index (χ1) is 6.40. The van der Waals surface area contributed by atoms with Crippen LogP contribution in [-0.2, 0) is 6.42 Å². The van der Waals surface area contributed by atoms with Gasteiger partial charge >= 0.3 is 0 Å². The molecule has 1 aliphatic carbocycles. The third-order valence-corrected chi connectivity index (χ3v) is 3.18. The maximum Gasteiger partial charge on any atom is 0.0330 e. The summed E-state index contributed by atoms with van der Waals surface area (Å²) in [5.41, 5.74) is 1.48. The Hall–Kier alpha value is -0.720. The lowest BCUT2D eigenvalue weighted by Gasteiger charge is -2.23. The van der Waals surface area contributed by atoms with Crippen LogP contribution >= 0.6 is 0 Å². The van der Waals surface area contributed by atoms with E-state index in [0.717, 1.165) is 6.04 Å². The molecule has 0 saturated heterocycles. The van der Waals surface area contributed by atoms with Crippen LogP contribution in [0.1, 0.15) is 50.6 Å². The van der Waals surface area contributed by atoms with Gasteiger partial charge in [-0.15, -0.1) is 0 Å². The van der Waals surface area contributed by atoms with Crippen LogP contribution in [0.2, 0.25) is 0 Å². The smallest absolute Gasteiger partial charge is 0.0330 e. The topological polar surface area (TPSA) is 4.93 Å². The quantitative estimate of drug-likeness (QED) is 0.651. The number of rotatable bonds is 2. The van der Waals surface area contributed by atoms with E-state index in [-0.39, 0.29) is 0 Å². The monoisotopic (exact) mass is 177 g/mol. The minimum absolute atomic E-state index is 0.800. The van der Waals surface area contributed by atoms with Gasteiger partial charge in [-0.1, -0.05) is 26.2 Å². The van der Waals surface area contributed by atoms with Crippen molar-refractivity contribution in [3.63, 3.8) is 0 Å². The van der Waals surface area contributed by atoms with Crippen LogP contribution in [0.3, 0.4) is 0 Å². The van der Waals surface area contributed by atoms with E-state index in [4.69, 9.17) is 0 Å². The van der Waals surface area contributed by atoms with Crippen LogP contribution in [0.4, 0.5) is 0 Å². The molecule has 1 aliphatic rings. The van der Waals surface area contributed by atoms with Gasteiger partial charge < -0.3 is 4.57 Å². The standard InChI is InChI=1S/C12H19N/c1-2-11-8-9-13(10-11)12-6-4-3-5-7-12/h8-10,12H,2-7H2,1H3. The van der Waals surface area contributed by atoms with Crippen LogP contribution in [0.15, 0.2) is 18.5 Å². The molecule has 1 aromatic heterocycles. The fraction of sp³-hybridized carbons (Fsp3) is 0.667. The maximum atomic E-state index is 2.43. The van der Waals surface area contributed by atoms with E-state index in [2.05, 4.69) is 30.0 Å². The van der Waals surface area contributed by atoms with Crippen molar-refractivity contribution in [1.29, 1.82) is 0 Å². The molecule has 0 bridgehead atoms. The molecule has 0 atom stereocenters. The molecule has 0 amide bonds. The Morgan fingerprint density at radius 2 is 2.08 bits per heavy atom. The Morgan fingerprint density at radius 3 is 2.69 bits per heavy atom. The minimum Gasteiger partial charge on any atom is -0.351 e. The van der Waals surface area contributed by atoms with Crippen LogP contribution in [0, 0.1) is 0 Å². The van der Waals surface area contributed by atoms with Crippen LogP contribution in [-0.4, -0.2) is 4.57 Å². The van der Waals surface area contributed by atoms with E-state index >= 15 is 0 Å². The number of aryl methyl sites for hydroxylation is 1. The lowest BCUT2D eigenvalue weighted by molar-refractivity contribution is 0.354. The Balaban J connectivity index is 2.05. The van der Waals surface area contributed by atoms with Crippen molar-refractivity contribution in [3.05, 3.63) is 24.0 Å². The Kier molecular flexibility index (Phi) is 2.72. The molecule has 1 heteroatoms. The highest BCUT2D eigenvalue weighted by Gasteiger charge is 2.14. The van der Waals surface area contributed by atoms with Crippen molar-refractivity contribution in [2.24, 2.45) is 0 Å². The van der Waals surface area contributed by atoms with E-state index in [1.165, 1.54) is 44.1 Å². The minimum atomic E-state index is 0.800. The summed E-state index contributed by atoms with van der Waals surface area (Å²) in [5.74, 6) is 0. The number of hydrogen-bond donors (Lipinski definition) is 0. The maximum absolute atomic E-state index is 2.43. The fourth-order valence-corrected chi connectivity index (χ4v) is 2.27. The molecule has 72 valence electrons. The Bertz CT molecular complexity index is 256. The Labute approximate surface area is 80.8 Å². The summed E-state index contributed by atoms with van der Waals surface area (Å²) in [5, 5.41) is 0. The summed E-state index contributed by atoms with van der Waals surface area (Å²) < 4.78 is 2.43. The van der Waals surface area contributed by atoms with Crippen molar-refractivity contribution in [3.8, 4) is 0 Å². The van der Waals surface area contributed by atoms with Gasteiger partial charge in [0.05, 0.1) is 0 Å². The van der Waals surface area contributed by atoms with E-state index in [0.29, 0.717) is 0 Å². The first-order valence-electron chi connectivity index (χ1n) is 5.56. The lowest BCUT2D eigenvalue weighted by atomic mass is 9.95. The first kappa shape index (κ1) is 8.86. The molecular formula is C12H19N. The molecule has 1 saturated carbocycles. The molecule has 1 heterocycles. The predicted octanol–water partition coefficient (Wildman–Crippen LogP) is 3.56. The molecule has 1 aromatic rings. The SMILES string of the molecule is CCc1ccn(C2CCCCC2)c1. The Morgan fingerprint density at radius 1 is 1.31 bits per heavy atom. The molecule has 0 spiro atoms. The van der Waals surface area contributed by atoms with Gasteiger partial charge in [0, 0.05) is 18.4 Å². The van der Waals surface area contributed by atoms with E-state index < -0.39 is 0 Å². The molecule has 0 radical (unpaired) electrons. The lowest BCUT2D eigenvalue weighted by Crippen LogP contribution is -2.10. The zero-order chi connectivity index (χ0) is 9.10. The summed E-state index contributed by atoms with van der Waals surface area (Å²) in [6, 6.07) is 3.06. The molecule has 0 N–H and O–H groups in total. The first-order valence-corrected chi connectivity index (χ1v) is 5.56. The van der Waals surface area contributed by atoms with E-state index in [1.807, 2.05) is 0 Å². The van der Waals surface area contributed by atoms with Gasteiger partial charge in [0.15, 0.2) is 0 Å². The summed E-state index contributed by atoms with van der Waals surface area (Å²) >= 11 is 0. The van der Waals surface area contributed by atoms with Crippen molar-refractivity contribution in [1.82, 2.24) is 4.57 Å². The summed E-state index contributed by atoms with van der Waals surface area (Å²) in [6.45, 7) is 2.22. The van der Waals surface area contributed by atoms with Crippen molar-refractivity contribution in [2.45, 2.75) is 51.5 Å². The van der Waals surface area contributed by atoms with Crippen molar-refractivity contribution >= 4 is 0 Å². The molecule has 13 heavy (non-hydrogen) atoms. The van der Waals surface area contributed by atoms with Gasteiger partial charge in [0.2, 0.25) is 0 Å². The molecule has 0 aliphatic heterocycles. The normalized spacial score (nSPS) is 19.2. The number of aromatic nitrogens is 1. The van der Waals surface area contributed by atoms with Gasteiger partial charge in [0.25, 0.3) is 0 Å². The summed E-state index contributed by atoms with van der Waals surface area (Å²) in [7, 11) is 0. The second kappa shape index (κ2) is 3.99. The van der Waals surface area contributed by atoms with Crippen LogP contribution < -0.4 is 0 Å². The van der Waals surface area contributed by atoms with Crippen LogP contribution in [0.5, 0.6) is 0 Å². The largest absolute Gasteiger partial charge is 0.351 e. The summed E-state index contributed by atoms with van der Waals surface area (Å²) in [4.78, 5) is 0. The highest BCUT2D eigenvalue weighted by molar-refractivity contribution is 5.10. The van der Waals surface area contributed by atoms with Crippen LogP contribution in [0.25, 0.3) is 0 Å². The molecule has 1 nitrogen and oxygen atoms in total. The second-order valence-corrected chi connectivity index (χ2v) is 4.11. The van der Waals surface area contributed by atoms with E-state index in [9.17, 15) is 0 Å². The zero-order valence-corrected chi connectivity index (χ0v) is 8.50. The predicted molar refractivity (Wildman–Crippen MR) is 55.9 cm³/mol. The van der Waals surface area contributed by atoms with Gasteiger partial charge in [-0.2, -0.15) is 0 Å². The van der Waals surface area contributed by atoms with Gasteiger partial charge in [-0.25, -0.2) is 0 Å².